The first-order valence-corrected chi connectivity index (χ1v) is 3.20. The van der Waals surface area contributed by atoms with Gasteiger partial charge in [0.15, 0.2) is 0 Å². The molecule has 0 aliphatic carbocycles. The van der Waals surface area contributed by atoms with Crippen LogP contribution >= 0.6 is 0 Å². The van der Waals surface area contributed by atoms with Gasteiger partial charge in [-0.1, -0.05) is 13.8 Å². The third-order valence-electron chi connectivity index (χ3n) is 1.44. The minimum atomic E-state index is 0.601. The van der Waals surface area contributed by atoms with Gasteiger partial charge >= 0.3 is 0 Å². The SMILES string of the molecule is [CH2]C(C)CC1COC1. The van der Waals surface area contributed by atoms with E-state index in [-0.39, 0.29) is 0 Å². The Labute approximate surface area is 51.0 Å². The molecule has 8 heavy (non-hydrogen) atoms. The van der Waals surface area contributed by atoms with Crippen LogP contribution < -0.4 is 0 Å². The molecule has 1 radical (unpaired) electrons. The molecule has 0 aromatic heterocycles. The van der Waals surface area contributed by atoms with Crippen LogP contribution in [0.25, 0.3) is 0 Å². The van der Waals surface area contributed by atoms with Crippen LogP contribution in [0.5, 0.6) is 0 Å². The van der Waals surface area contributed by atoms with Gasteiger partial charge in [0.2, 0.25) is 0 Å². The monoisotopic (exact) mass is 113 g/mol. The molecule has 1 aliphatic heterocycles. The first-order chi connectivity index (χ1) is 3.79. The quantitative estimate of drug-likeness (QED) is 0.527. The molecule has 0 saturated carbocycles. The fourth-order valence-corrected chi connectivity index (χ4v) is 0.990. The maximum atomic E-state index is 5.01. The number of hydrogen-bond donors (Lipinski definition) is 0. The third-order valence-corrected chi connectivity index (χ3v) is 1.44. The first-order valence-electron chi connectivity index (χ1n) is 3.20. The molecule has 0 spiro atoms. The van der Waals surface area contributed by atoms with Crippen LogP contribution in [-0.4, -0.2) is 13.2 Å². The number of rotatable bonds is 2. The van der Waals surface area contributed by atoms with Crippen LogP contribution in [0, 0.1) is 18.8 Å². The van der Waals surface area contributed by atoms with Crippen molar-refractivity contribution in [3.8, 4) is 0 Å². The van der Waals surface area contributed by atoms with Gasteiger partial charge in [-0.15, -0.1) is 0 Å². The van der Waals surface area contributed by atoms with Crippen molar-refractivity contribution in [2.24, 2.45) is 11.8 Å². The Balaban J connectivity index is 2.01. The lowest BCUT2D eigenvalue weighted by Crippen LogP contribution is -2.28. The zero-order chi connectivity index (χ0) is 5.98. The predicted octanol–water partition coefficient (Wildman–Crippen LogP) is 1.49. The molecular weight excluding hydrogens is 100 g/mol. The van der Waals surface area contributed by atoms with E-state index in [1.807, 2.05) is 0 Å². The van der Waals surface area contributed by atoms with Crippen LogP contribution in [0.2, 0.25) is 0 Å². The van der Waals surface area contributed by atoms with Gasteiger partial charge in [0, 0.05) is 5.92 Å². The van der Waals surface area contributed by atoms with Crippen molar-refractivity contribution in [3.05, 3.63) is 6.92 Å². The highest BCUT2D eigenvalue weighted by atomic mass is 16.5. The summed E-state index contributed by atoms with van der Waals surface area (Å²) >= 11 is 0. The van der Waals surface area contributed by atoms with Crippen LogP contribution in [0.1, 0.15) is 13.3 Å². The van der Waals surface area contributed by atoms with E-state index in [2.05, 4.69) is 13.8 Å². The highest BCUT2D eigenvalue weighted by Gasteiger charge is 2.18. The maximum absolute atomic E-state index is 5.01. The van der Waals surface area contributed by atoms with Gasteiger partial charge in [0.05, 0.1) is 13.2 Å². The molecule has 0 aromatic rings. The fourth-order valence-electron chi connectivity index (χ4n) is 0.990. The van der Waals surface area contributed by atoms with Gasteiger partial charge in [-0.2, -0.15) is 0 Å². The molecule has 0 aromatic carbocycles. The molecule has 1 fully saturated rings. The smallest absolute Gasteiger partial charge is 0.0516 e. The minimum absolute atomic E-state index is 0.601. The van der Waals surface area contributed by atoms with E-state index >= 15 is 0 Å². The largest absolute Gasteiger partial charge is 0.381 e. The summed E-state index contributed by atoms with van der Waals surface area (Å²) in [5.41, 5.74) is 0. The predicted molar refractivity (Wildman–Crippen MR) is 33.4 cm³/mol. The number of ether oxygens (including phenoxy) is 1. The normalized spacial score (nSPS) is 21.4. The molecule has 1 unspecified atom stereocenters. The Morgan fingerprint density at radius 3 is 2.50 bits per heavy atom. The average molecular weight is 113 g/mol. The summed E-state index contributed by atoms with van der Waals surface area (Å²) in [5, 5.41) is 0. The van der Waals surface area contributed by atoms with Gasteiger partial charge in [0.25, 0.3) is 0 Å². The van der Waals surface area contributed by atoms with Gasteiger partial charge in [-0.3, -0.25) is 0 Å². The lowest BCUT2D eigenvalue weighted by atomic mass is 9.96. The number of hydrogen-bond acceptors (Lipinski definition) is 1. The van der Waals surface area contributed by atoms with Crippen molar-refractivity contribution in [2.75, 3.05) is 13.2 Å². The standard InChI is InChI=1S/C7H13O/c1-6(2)3-7-4-8-5-7/h6-7H,1,3-5H2,2H3. The molecule has 47 valence electrons. The topological polar surface area (TPSA) is 9.23 Å². The maximum Gasteiger partial charge on any atom is 0.0516 e. The second-order valence-electron chi connectivity index (χ2n) is 2.74. The summed E-state index contributed by atoms with van der Waals surface area (Å²) in [4.78, 5) is 0. The highest BCUT2D eigenvalue weighted by Crippen LogP contribution is 2.18. The van der Waals surface area contributed by atoms with Gasteiger partial charge in [0.1, 0.15) is 0 Å². The summed E-state index contributed by atoms with van der Waals surface area (Å²) in [6.07, 6.45) is 1.24. The van der Waals surface area contributed by atoms with Gasteiger partial charge < -0.3 is 4.74 Å². The second-order valence-corrected chi connectivity index (χ2v) is 2.74. The highest BCUT2D eigenvalue weighted by molar-refractivity contribution is 4.69. The Bertz CT molecular complexity index is 64.8. The minimum Gasteiger partial charge on any atom is -0.381 e. The Hall–Kier alpha value is -0.0400. The van der Waals surface area contributed by atoms with Crippen molar-refractivity contribution in [1.29, 1.82) is 0 Å². The lowest BCUT2D eigenvalue weighted by molar-refractivity contribution is -0.0394. The molecular formula is C7H13O. The lowest BCUT2D eigenvalue weighted by Gasteiger charge is -2.27. The van der Waals surface area contributed by atoms with Crippen LogP contribution in [0.4, 0.5) is 0 Å². The molecule has 0 amide bonds. The molecule has 1 rings (SSSR count). The Morgan fingerprint density at radius 2 is 2.38 bits per heavy atom. The Kier molecular flexibility index (Phi) is 1.90. The zero-order valence-electron chi connectivity index (χ0n) is 5.39. The summed E-state index contributed by atoms with van der Waals surface area (Å²) in [7, 11) is 0. The van der Waals surface area contributed by atoms with E-state index in [4.69, 9.17) is 4.74 Å². The van der Waals surface area contributed by atoms with E-state index in [0.29, 0.717) is 5.92 Å². The molecule has 0 bridgehead atoms. The molecule has 1 heterocycles. The second kappa shape index (κ2) is 2.49. The van der Waals surface area contributed by atoms with E-state index in [9.17, 15) is 0 Å². The third kappa shape index (κ3) is 1.48. The van der Waals surface area contributed by atoms with Crippen molar-refractivity contribution in [3.63, 3.8) is 0 Å². The zero-order valence-corrected chi connectivity index (χ0v) is 5.39. The van der Waals surface area contributed by atoms with Crippen molar-refractivity contribution in [2.45, 2.75) is 13.3 Å². The molecule has 1 heteroatoms. The van der Waals surface area contributed by atoms with Crippen molar-refractivity contribution < 1.29 is 4.74 Å². The summed E-state index contributed by atoms with van der Waals surface area (Å²) in [6, 6.07) is 0. The Morgan fingerprint density at radius 1 is 1.75 bits per heavy atom. The van der Waals surface area contributed by atoms with E-state index in [0.717, 1.165) is 19.1 Å². The van der Waals surface area contributed by atoms with Gasteiger partial charge in [-0.25, -0.2) is 0 Å². The molecule has 0 N–H and O–H groups in total. The van der Waals surface area contributed by atoms with E-state index in [1.165, 1.54) is 6.42 Å². The fraction of sp³-hybridized carbons (Fsp3) is 0.857. The average Bonchev–Trinajstić information content (AvgIpc) is 1.55. The molecule has 1 saturated heterocycles. The van der Waals surface area contributed by atoms with E-state index < -0.39 is 0 Å². The van der Waals surface area contributed by atoms with Crippen LogP contribution in [0.3, 0.4) is 0 Å². The van der Waals surface area contributed by atoms with Gasteiger partial charge in [-0.05, 0) is 12.3 Å². The van der Waals surface area contributed by atoms with Crippen molar-refractivity contribution in [1.82, 2.24) is 0 Å². The van der Waals surface area contributed by atoms with Crippen LogP contribution in [0.15, 0.2) is 0 Å². The molecule has 1 nitrogen and oxygen atoms in total. The van der Waals surface area contributed by atoms with E-state index in [1.54, 1.807) is 0 Å². The summed E-state index contributed by atoms with van der Waals surface area (Å²) in [6.45, 7) is 8.00. The summed E-state index contributed by atoms with van der Waals surface area (Å²) in [5.74, 6) is 1.42. The molecule has 1 aliphatic rings. The van der Waals surface area contributed by atoms with Crippen molar-refractivity contribution >= 4 is 0 Å². The summed E-state index contributed by atoms with van der Waals surface area (Å²) < 4.78 is 5.01. The molecule has 1 atom stereocenters. The first kappa shape index (κ1) is 6.09. The van der Waals surface area contributed by atoms with Crippen LogP contribution in [-0.2, 0) is 4.74 Å².